The molecule has 1 aromatic rings. The van der Waals surface area contributed by atoms with Crippen molar-refractivity contribution in [1.29, 1.82) is 0 Å². The van der Waals surface area contributed by atoms with Gasteiger partial charge in [-0.25, -0.2) is 0 Å². The van der Waals surface area contributed by atoms with Crippen molar-refractivity contribution in [2.24, 2.45) is 5.92 Å². The van der Waals surface area contributed by atoms with E-state index >= 15 is 0 Å². The third-order valence-electron chi connectivity index (χ3n) is 2.03. The predicted octanol–water partition coefficient (Wildman–Crippen LogP) is 3.69. The Morgan fingerprint density at radius 1 is 1.33 bits per heavy atom. The summed E-state index contributed by atoms with van der Waals surface area (Å²) in [4.78, 5) is 0. The lowest BCUT2D eigenvalue weighted by molar-refractivity contribution is 0.164. The summed E-state index contributed by atoms with van der Waals surface area (Å²) in [7, 11) is 1.70. The van der Waals surface area contributed by atoms with Gasteiger partial charge in [-0.3, -0.25) is 0 Å². The van der Waals surface area contributed by atoms with Crippen LogP contribution in [0.2, 0.25) is 10.0 Å². The zero-order chi connectivity index (χ0) is 11.3. The fraction of sp³-hybridized carbons (Fsp3) is 0.455. The molecule has 0 aliphatic carbocycles. The molecule has 0 aliphatic rings. The molecule has 0 heterocycles. The second kappa shape index (κ2) is 6.21. The van der Waals surface area contributed by atoms with E-state index < -0.39 is 0 Å². The van der Waals surface area contributed by atoms with Gasteiger partial charge in [-0.2, -0.15) is 0 Å². The molecule has 1 N–H and O–H groups in total. The highest BCUT2D eigenvalue weighted by molar-refractivity contribution is 6.42. The number of hydrogen-bond acceptors (Lipinski definition) is 2. The second-order valence-corrected chi connectivity index (χ2v) is 4.38. The van der Waals surface area contributed by atoms with Gasteiger partial charge in [0.05, 0.1) is 16.7 Å². The van der Waals surface area contributed by atoms with Crippen molar-refractivity contribution in [3.05, 3.63) is 28.2 Å². The van der Waals surface area contributed by atoms with Crippen LogP contribution >= 0.6 is 23.2 Å². The number of halogens is 2. The van der Waals surface area contributed by atoms with Crippen LogP contribution in [-0.2, 0) is 4.74 Å². The maximum absolute atomic E-state index is 5.89. The second-order valence-electron chi connectivity index (χ2n) is 3.57. The van der Waals surface area contributed by atoms with Crippen LogP contribution in [0.1, 0.15) is 6.92 Å². The van der Waals surface area contributed by atoms with Gasteiger partial charge in [-0.1, -0.05) is 30.1 Å². The first kappa shape index (κ1) is 12.6. The number of rotatable bonds is 5. The van der Waals surface area contributed by atoms with Crippen molar-refractivity contribution in [2.45, 2.75) is 6.92 Å². The Morgan fingerprint density at radius 3 is 2.67 bits per heavy atom. The zero-order valence-electron chi connectivity index (χ0n) is 8.89. The summed E-state index contributed by atoms with van der Waals surface area (Å²) >= 11 is 11.7. The molecule has 1 rings (SSSR count). The number of hydrogen-bond donors (Lipinski definition) is 1. The van der Waals surface area contributed by atoms with Gasteiger partial charge in [-0.15, -0.1) is 0 Å². The van der Waals surface area contributed by atoms with Crippen molar-refractivity contribution in [2.75, 3.05) is 25.6 Å². The Labute approximate surface area is 101 Å². The summed E-state index contributed by atoms with van der Waals surface area (Å²) in [6, 6.07) is 5.52. The lowest BCUT2D eigenvalue weighted by Gasteiger charge is -2.12. The average molecular weight is 248 g/mol. The molecule has 0 fully saturated rings. The van der Waals surface area contributed by atoms with E-state index in [1.165, 1.54) is 0 Å². The SMILES string of the molecule is COCC(C)CNc1ccc(Cl)c(Cl)c1. The Kier molecular flexibility index (Phi) is 5.23. The number of ether oxygens (including phenoxy) is 1. The molecule has 1 atom stereocenters. The minimum absolute atomic E-state index is 0.462. The Hall–Kier alpha value is -0.440. The van der Waals surface area contributed by atoms with Crippen molar-refractivity contribution in [3.63, 3.8) is 0 Å². The normalized spacial score (nSPS) is 12.5. The van der Waals surface area contributed by atoms with Gasteiger partial charge in [0.2, 0.25) is 0 Å². The van der Waals surface area contributed by atoms with E-state index in [4.69, 9.17) is 27.9 Å². The van der Waals surface area contributed by atoms with Crippen LogP contribution in [0.5, 0.6) is 0 Å². The molecule has 0 aromatic heterocycles. The fourth-order valence-electron chi connectivity index (χ4n) is 1.24. The monoisotopic (exact) mass is 247 g/mol. The largest absolute Gasteiger partial charge is 0.385 e. The van der Waals surface area contributed by atoms with Crippen molar-refractivity contribution in [1.82, 2.24) is 0 Å². The van der Waals surface area contributed by atoms with E-state index in [-0.39, 0.29) is 0 Å². The van der Waals surface area contributed by atoms with Crippen LogP contribution in [-0.4, -0.2) is 20.3 Å². The summed E-state index contributed by atoms with van der Waals surface area (Å²) in [5.41, 5.74) is 0.979. The maximum Gasteiger partial charge on any atom is 0.0612 e. The molecule has 84 valence electrons. The lowest BCUT2D eigenvalue weighted by atomic mass is 10.2. The molecule has 1 unspecified atom stereocenters. The molecule has 0 spiro atoms. The highest BCUT2D eigenvalue weighted by Gasteiger charge is 2.02. The van der Waals surface area contributed by atoms with E-state index in [0.29, 0.717) is 16.0 Å². The Balaban J connectivity index is 2.47. The topological polar surface area (TPSA) is 21.3 Å². The molecule has 1 aromatic carbocycles. The molecule has 0 amide bonds. The fourth-order valence-corrected chi connectivity index (χ4v) is 1.54. The van der Waals surface area contributed by atoms with Crippen LogP contribution in [0.4, 0.5) is 5.69 Å². The van der Waals surface area contributed by atoms with Gasteiger partial charge in [0.1, 0.15) is 0 Å². The molecule has 0 aliphatic heterocycles. The zero-order valence-corrected chi connectivity index (χ0v) is 10.4. The van der Waals surface area contributed by atoms with Crippen LogP contribution < -0.4 is 5.32 Å². The van der Waals surface area contributed by atoms with Gasteiger partial charge in [0, 0.05) is 19.3 Å². The first-order chi connectivity index (χ1) is 7.13. The molecule has 0 saturated carbocycles. The quantitative estimate of drug-likeness (QED) is 0.858. The van der Waals surface area contributed by atoms with Crippen LogP contribution in [0.15, 0.2) is 18.2 Å². The Morgan fingerprint density at radius 2 is 2.07 bits per heavy atom. The number of nitrogens with one attached hydrogen (secondary N) is 1. The summed E-state index contributed by atoms with van der Waals surface area (Å²) in [5.74, 6) is 0.462. The summed E-state index contributed by atoms with van der Waals surface area (Å²) < 4.78 is 5.05. The minimum atomic E-state index is 0.462. The van der Waals surface area contributed by atoms with E-state index in [2.05, 4.69) is 12.2 Å². The number of methoxy groups -OCH3 is 1. The van der Waals surface area contributed by atoms with E-state index in [9.17, 15) is 0 Å². The maximum atomic E-state index is 5.89. The van der Waals surface area contributed by atoms with E-state index in [0.717, 1.165) is 18.8 Å². The van der Waals surface area contributed by atoms with Crippen LogP contribution in [0.25, 0.3) is 0 Å². The predicted molar refractivity (Wildman–Crippen MR) is 66.0 cm³/mol. The highest BCUT2D eigenvalue weighted by atomic mass is 35.5. The van der Waals surface area contributed by atoms with Gasteiger partial charge in [0.15, 0.2) is 0 Å². The molecule has 0 bridgehead atoms. The van der Waals surface area contributed by atoms with Crippen molar-refractivity contribution >= 4 is 28.9 Å². The van der Waals surface area contributed by atoms with Gasteiger partial charge < -0.3 is 10.1 Å². The molecule has 4 heteroatoms. The van der Waals surface area contributed by atoms with Gasteiger partial charge in [-0.05, 0) is 24.1 Å². The summed E-state index contributed by atoms with van der Waals surface area (Å²) in [6.07, 6.45) is 0. The first-order valence-electron chi connectivity index (χ1n) is 4.81. The average Bonchev–Trinajstić information content (AvgIpc) is 2.20. The van der Waals surface area contributed by atoms with Gasteiger partial charge >= 0.3 is 0 Å². The third-order valence-corrected chi connectivity index (χ3v) is 2.76. The molecule has 15 heavy (non-hydrogen) atoms. The smallest absolute Gasteiger partial charge is 0.0612 e. The first-order valence-corrected chi connectivity index (χ1v) is 5.57. The standard InChI is InChI=1S/C11H15Cl2NO/c1-8(7-15-2)6-14-9-3-4-10(12)11(13)5-9/h3-5,8,14H,6-7H2,1-2H3. The number of anilines is 1. The number of benzene rings is 1. The lowest BCUT2D eigenvalue weighted by Crippen LogP contribution is -2.15. The van der Waals surface area contributed by atoms with E-state index in [1.807, 2.05) is 12.1 Å². The van der Waals surface area contributed by atoms with Crippen LogP contribution in [0, 0.1) is 5.92 Å². The van der Waals surface area contributed by atoms with Crippen molar-refractivity contribution < 1.29 is 4.74 Å². The molecular weight excluding hydrogens is 233 g/mol. The summed E-state index contributed by atoms with van der Waals surface area (Å²) in [5, 5.41) is 4.42. The molecule has 0 saturated heterocycles. The van der Waals surface area contributed by atoms with Crippen LogP contribution in [0.3, 0.4) is 0 Å². The van der Waals surface area contributed by atoms with Crippen molar-refractivity contribution in [3.8, 4) is 0 Å². The van der Waals surface area contributed by atoms with Gasteiger partial charge in [0.25, 0.3) is 0 Å². The molecule has 0 radical (unpaired) electrons. The van der Waals surface area contributed by atoms with E-state index in [1.54, 1.807) is 13.2 Å². The third kappa shape index (κ3) is 4.29. The Bertz CT molecular complexity index is 317. The summed E-state index contributed by atoms with van der Waals surface area (Å²) in [6.45, 7) is 3.72. The minimum Gasteiger partial charge on any atom is -0.385 e. The molecule has 2 nitrogen and oxygen atoms in total. The molecular formula is C11H15Cl2NO. The highest BCUT2D eigenvalue weighted by Crippen LogP contribution is 2.24.